The molecule has 0 saturated heterocycles. The molecule has 1 rings (SSSR count). The van der Waals surface area contributed by atoms with Gasteiger partial charge in [0.1, 0.15) is 11.9 Å². The first kappa shape index (κ1) is 15.7. The van der Waals surface area contributed by atoms with Gasteiger partial charge in [-0.15, -0.1) is 6.42 Å². The van der Waals surface area contributed by atoms with Gasteiger partial charge in [0.15, 0.2) is 0 Å². The van der Waals surface area contributed by atoms with Crippen LogP contribution in [0.2, 0.25) is 0 Å². The van der Waals surface area contributed by atoms with E-state index in [1.165, 1.54) is 24.3 Å². The standard InChI is InChI=1S/C15H16FNO3/c1-3-5-10-20-15(19)17-14(13(18)4-2)11-6-8-12(16)9-7-11/h2,6-9,14H,3,5,10H2,1H3,(H,17,19). The molecule has 4 nitrogen and oxygen atoms in total. The van der Waals surface area contributed by atoms with Crippen molar-refractivity contribution < 1.29 is 18.7 Å². The van der Waals surface area contributed by atoms with Gasteiger partial charge in [-0.2, -0.15) is 0 Å². The summed E-state index contributed by atoms with van der Waals surface area (Å²) < 4.78 is 17.8. The van der Waals surface area contributed by atoms with Crippen LogP contribution in [0.1, 0.15) is 31.4 Å². The maximum Gasteiger partial charge on any atom is 0.408 e. The number of terminal acetylenes is 1. The summed E-state index contributed by atoms with van der Waals surface area (Å²) in [5.74, 6) is 0.888. The monoisotopic (exact) mass is 277 g/mol. The number of nitrogens with one attached hydrogen (secondary N) is 1. The van der Waals surface area contributed by atoms with Crippen molar-refractivity contribution in [2.24, 2.45) is 0 Å². The first-order valence-corrected chi connectivity index (χ1v) is 6.27. The average Bonchev–Trinajstić information content (AvgIpc) is 2.45. The Morgan fingerprint density at radius 1 is 1.40 bits per heavy atom. The molecule has 1 amide bonds. The Morgan fingerprint density at radius 2 is 2.05 bits per heavy atom. The predicted molar refractivity (Wildman–Crippen MR) is 72.4 cm³/mol. The number of hydrogen-bond acceptors (Lipinski definition) is 3. The molecule has 106 valence electrons. The number of rotatable bonds is 6. The molecule has 1 N–H and O–H groups in total. The molecule has 0 heterocycles. The van der Waals surface area contributed by atoms with Crippen molar-refractivity contribution in [3.63, 3.8) is 0 Å². The molecule has 1 unspecified atom stereocenters. The second-order valence-corrected chi connectivity index (χ2v) is 4.13. The van der Waals surface area contributed by atoms with Crippen LogP contribution in [0.15, 0.2) is 24.3 Å². The summed E-state index contributed by atoms with van der Waals surface area (Å²) in [6.07, 6.45) is 5.97. The van der Waals surface area contributed by atoms with E-state index < -0.39 is 23.7 Å². The number of ketones is 1. The molecular weight excluding hydrogens is 261 g/mol. The number of carbonyl (C=O) groups is 2. The van der Waals surface area contributed by atoms with Crippen molar-refractivity contribution in [3.8, 4) is 12.3 Å². The van der Waals surface area contributed by atoms with Gasteiger partial charge in [0.2, 0.25) is 5.78 Å². The number of alkyl carbamates (subject to hydrolysis) is 1. The summed E-state index contributed by atoms with van der Waals surface area (Å²) in [6, 6.07) is 4.13. The van der Waals surface area contributed by atoms with E-state index in [1.54, 1.807) is 0 Å². The number of hydrogen-bond donors (Lipinski definition) is 1. The molecule has 0 fully saturated rings. The molecule has 0 saturated carbocycles. The van der Waals surface area contributed by atoms with E-state index in [0.29, 0.717) is 5.56 Å². The van der Waals surface area contributed by atoms with Gasteiger partial charge < -0.3 is 10.1 Å². The van der Waals surface area contributed by atoms with Crippen molar-refractivity contribution in [1.82, 2.24) is 5.32 Å². The van der Waals surface area contributed by atoms with Crippen LogP contribution in [0.25, 0.3) is 0 Å². The second kappa shape index (κ2) is 7.95. The number of unbranched alkanes of at least 4 members (excludes halogenated alkanes) is 1. The van der Waals surface area contributed by atoms with Crippen LogP contribution in [0.3, 0.4) is 0 Å². The number of carbonyl (C=O) groups excluding carboxylic acids is 2. The van der Waals surface area contributed by atoms with Crippen LogP contribution in [0.5, 0.6) is 0 Å². The molecule has 20 heavy (non-hydrogen) atoms. The van der Waals surface area contributed by atoms with Gasteiger partial charge in [-0.05, 0) is 30.0 Å². The summed E-state index contributed by atoms with van der Waals surface area (Å²) in [5.41, 5.74) is 0.404. The van der Waals surface area contributed by atoms with Crippen LogP contribution in [0, 0.1) is 18.2 Å². The Kier molecular flexibility index (Phi) is 6.24. The van der Waals surface area contributed by atoms with E-state index in [0.717, 1.165) is 12.8 Å². The quantitative estimate of drug-likeness (QED) is 0.494. The van der Waals surface area contributed by atoms with Crippen molar-refractivity contribution in [2.45, 2.75) is 25.8 Å². The van der Waals surface area contributed by atoms with Crippen molar-refractivity contribution >= 4 is 11.9 Å². The molecule has 1 aromatic carbocycles. The molecular formula is C15H16FNO3. The fourth-order valence-electron chi connectivity index (χ4n) is 1.51. The van der Waals surface area contributed by atoms with E-state index >= 15 is 0 Å². The SMILES string of the molecule is C#CC(=O)C(NC(=O)OCCCC)c1ccc(F)cc1. The highest BCUT2D eigenvalue weighted by atomic mass is 19.1. The lowest BCUT2D eigenvalue weighted by Crippen LogP contribution is -2.34. The topological polar surface area (TPSA) is 55.4 Å². The highest BCUT2D eigenvalue weighted by Gasteiger charge is 2.21. The third kappa shape index (κ3) is 4.73. The number of Topliss-reactive ketones (excluding diaryl/α,β-unsaturated/α-hetero) is 1. The van der Waals surface area contributed by atoms with E-state index in [9.17, 15) is 14.0 Å². The number of amides is 1. The Hall–Kier alpha value is -2.35. The number of halogens is 1. The highest BCUT2D eigenvalue weighted by Crippen LogP contribution is 2.15. The van der Waals surface area contributed by atoms with E-state index in [-0.39, 0.29) is 6.61 Å². The third-order valence-electron chi connectivity index (χ3n) is 2.60. The third-order valence-corrected chi connectivity index (χ3v) is 2.60. The smallest absolute Gasteiger partial charge is 0.408 e. The van der Waals surface area contributed by atoms with Crippen molar-refractivity contribution in [1.29, 1.82) is 0 Å². The average molecular weight is 277 g/mol. The van der Waals surface area contributed by atoms with E-state index in [4.69, 9.17) is 11.2 Å². The summed E-state index contributed by atoms with van der Waals surface area (Å²) in [6.45, 7) is 2.23. The number of ether oxygens (including phenoxy) is 1. The summed E-state index contributed by atoms with van der Waals surface area (Å²) in [5, 5.41) is 2.39. The lowest BCUT2D eigenvalue weighted by Gasteiger charge is -2.15. The zero-order valence-electron chi connectivity index (χ0n) is 11.2. The normalized spacial score (nSPS) is 11.2. The molecule has 0 aliphatic rings. The van der Waals surface area contributed by atoms with E-state index in [2.05, 4.69) is 5.32 Å². The Bertz CT molecular complexity index is 505. The minimum Gasteiger partial charge on any atom is -0.450 e. The molecule has 0 aromatic heterocycles. The molecule has 1 aromatic rings. The highest BCUT2D eigenvalue weighted by molar-refractivity contribution is 6.01. The lowest BCUT2D eigenvalue weighted by atomic mass is 10.0. The summed E-state index contributed by atoms with van der Waals surface area (Å²) in [4.78, 5) is 23.2. The fraction of sp³-hybridized carbons (Fsp3) is 0.333. The van der Waals surface area contributed by atoms with Crippen LogP contribution < -0.4 is 5.32 Å². The minimum atomic E-state index is -1.03. The molecule has 0 aliphatic carbocycles. The van der Waals surface area contributed by atoms with Gasteiger partial charge in [-0.3, -0.25) is 4.79 Å². The second-order valence-electron chi connectivity index (χ2n) is 4.13. The van der Waals surface area contributed by atoms with Crippen molar-refractivity contribution in [2.75, 3.05) is 6.61 Å². The van der Waals surface area contributed by atoms with Crippen LogP contribution in [-0.2, 0) is 9.53 Å². The van der Waals surface area contributed by atoms with Crippen molar-refractivity contribution in [3.05, 3.63) is 35.6 Å². The first-order chi connectivity index (χ1) is 9.58. The van der Waals surface area contributed by atoms with Gasteiger partial charge in [0, 0.05) is 0 Å². The van der Waals surface area contributed by atoms with Gasteiger partial charge in [0.05, 0.1) is 6.61 Å². The van der Waals surface area contributed by atoms with Crippen LogP contribution in [-0.4, -0.2) is 18.5 Å². The number of benzene rings is 1. The largest absolute Gasteiger partial charge is 0.450 e. The van der Waals surface area contributed by atoms with Crippen LogP contribution in [0.4, 0.5) is 9.18 Å². The first-order valence-electron chi connectivity index (χ1n) is 6.27. The van der Waals surface area contributed by atoms with Gasteiger partial charge >= 0.3 is 6.09 Å². The minimum absolute atomic E-state index is 0.267. The molecule has 0 spiro atoms. The van der Waals surface area contributed by atoms with Gasteiger partial charge in [-0.25, -0.2) is 9.18 Å². The lowest BCUT2D eigenvalue weighted by molar-refractivity contribution is -0.115. The maximum atomic E-state index is 12.9. The van der Waals surface area contributed by atoms with Crippen LogP contribution >= 0.6 is 0 Å². The molecule has 0 radical (unpaired) electrons. The zero-order valence-corrected chi connectivity index (χ0v) is 11.2. The maximum absolute atomic E-state index is 12.9. The molecule has 0 aliphatic heterocycles. The zero-order chi connectivity index (χ0) is 15.0. The Morgan fingerprint density at radius 3 is 2.60 bits per heavy atom. The Labute approximate surface area is 117 Å². The Balaban J connectivity index is 2.76. The molecule has 1 atom stereocenters. The van der Waals surface area contributed by atoms with E-state index in [1.807, 2.05) is 12.8 Å². The summed E-state index contributed by atoms with van der Waals surface area (Å²) in [7, 11) is 0. The molecule has 5 heteroatoms. The predicted octanol–water partition coefficient (Wildman–Crippen LogP) is 2.60. The summed E-state index contributed by atoms with van der Waals surface area (Å²) >= 11 is 0. The fourth-order valence-corrected chi connectivity index (χ4v) is 1.51. The molecule has 0 bridgehead atoms. The van der Waals surface area contributed by atoms with Gasteiger partial charge in [0.25, 0.3) is 0 Å². The van der Waals surface area contributed by atoms with Gasteiger partial charge in [-0.1, -0.05) is 25.5 Å².